The lowest BCUT2D eigenvalue weighted by Gasteiger charge is -2.26. The van der Waals surface area contributed by atoms with Gasteiger partial charge in [0, 0.05) is 19.3 Å². The molecule has 3 aromatic rings. The smallest absolute Gasteiger partial charge is 0.269 e. The van der Waals surface area contributed by atoms with Crippen LogP contribution in [0.1, 0.15) is 22.3 Å². The fourth-order valence-electron chi connectivity index (χ4n) is 3.66. The first kappa shape index (κ1) is 22.2. The van der Waals surface area contributed by atoms with Crippen LogP contribution in [0.5, 0.6) is 11.6 Å². The highest BCUT2D eigenvalue weighted by molar-refractivity contribution is 6.02. The number of rotatable bonds is 4. The standard InChI is InChI=1S/C25H24N4O4/c1-16-6-4-8-21(18(16)3)33-23-20(25(31)29-9-5-7-17(2)22(29)27-23)14-19(15-26)24(30)28-10-12-32-13-11-28/h4-9,14H,10-13H2,1-3H3. The van der Waals surface area contributed by atoms with Gasteiger partial charge in [0.05, 0.1) is 13.2 Å². The van der Waals surface area contributed by atoms with Crippen molar-refractivity contribution in [2.75, 3.05) is 26.3 Å². The molecule has 8 heteroatoms. The SMILES string of the molecule is Cc1cccc(Oc2nc3c(C)cccn3c(=O)c2C=C(C#N)C(=O)N2CCOCC2)c1C. The summed E-state index contributed by atoms with van der Waals surface area (Å²) in [6, 6.07) is 11.1. The Bertz CT molecular complexity index is 1360. The van der Waals surface area contributed by atoms with E-state index in [1.807, 2.05) is 45.0 Å². The van der Waals surface area contributed by atoms with Crippen LogP contribution in [0.4, 0.5) is 0 Å². The Morgan fingerprint density at radius 2 is 1.88 bits per heavy atom. The van der Waals surface area contributed by atoms with Crippen LogP contribution in [0, 0.1) is 32.1 Å². The Morgan fingerprint density at radius 1 is 1.15 bits per heavy atom. The van der Waals surface area contributed by atoms with Gasteiger partial charge in [-0.1, -0.05) is 18.2 Å². The number of nitriles is 1. The van der Waals surface area contributed by atoms with Gasteiger partial charge in [-0.25, -0.2) is 0 Å². The molecule has 0 spiro atoms. The summed E-state index contributed by atoms with van der Waals surface area (Å²) in [5.74, 6) is 0.144. The van der Waals surface area contributed by atoms with E-state index in [9.17, 15) is 14.9 Å². The maximum absolute atomic E-state index is 13.4. The zero-order valence-electron chi connectivity index (χ0n) is 18.8. The number of aromatic nitrogens is 2. The second-order valence-corrected chi connectivity index (χ2v) is 7.90. The first-order valence-electron chi connectivity index (χ1n) is 10.7. The number of carbonyl (C=O) groups excluding carboxylic acids is 1. The number of hydrogen-bond donors (Lipinski definition) is 0. The summed E-state index contributed by atoms with van der Waals surface area (Å²) in [4.78, 5) is 32.5. The maximum Gasteiger partial charge on any atom is 0.269 e. The number of amides is 1. The van der Waals surface area contributed by atoms with Gasteiger partial charge in [0.25, 0.3) is 11.5 Å². The molecule has 1 saturated heterocycles. The summed E-state index contributed by atoms with van der Waals surface area (Å²) in [6.45, 7) is 7.32. The van der Waals surface area contributed by atoms with E-state index in [0.29, 0.717) is 37.7 Å². The average Bonchev–Trinajstić information content (AvgIpc) is 2.83. The predicted molar refractivity (Wildman–Crippen MR) is 123 cm³/mol. The van der Waals surface area contributed by atoms with Gasteiger partial charge in [-0.05, 0) is 55.7 Å². The van der Waals surface area contributed by atoms with Gasteiger partial charge in [0.2, 0.25) is 5.88 Å². The Hall–Kier alpha value is -3.96. The average molecular weight is 444 g/mol. The van der Waals surface area contributed by atoms with Gasteiger partial charge < -0.3 is 14.4 Å². The van der Waals surface area contributed by atoms with Crippen molar-refractivity contribution in [2.24, 2.45) is 0 Å². The van der Waals surface area contributed by atoms with Crippen LogP contribution >= 0.6 is 0 Å². The van der Waals surface area contributed by atoms with Crippen LogP contribution in [-0.4, -0.2) is 46.5 Å². The van der Waals surface area contributed by atoms with Gasteiger partial charge >= 0.3 is 0 Å². The minimum Gasteiger partial charge on any atom is -0.438 e. The van der Waals surface area contributed by atoms with E-state index >= 15 is 0 Å². The molecule has 1 aliphatic rings. The van der Waals surface area contributed by atoms with E-state index in [1.54, 1.807) is 23.2 Å². The number of pyridine rings is 1. The Morgan fingerprint density at radius 3 is 2.61 bits per heavy atom. The number of benzene rings is 1. The molecule has 3 heterocycles. The van der Waals surface area contributed by atoms with Crippen molar-refractivity contribution in [3.8, 4) is 17.7 Å². The van der Waals surface area contributed by atoms with Crippen molar-refractivity contribution in [1.82, 2.24) is 14.3 Å². The number of ether oxygens (including phenoxy) is 2. The summed E-state index contributed by atoms with van der Waals surface area (Å²) >= 11 is 0. The first-order chi connectivity index (χ1) is 15.9. The fraction of sp³-hybridized carbons (Fsp3) is 0.280. The van der Waals surface area contributed by atoms with E-state index in [0.717, 1.165) is 16.7 Å². The zero-order chi connectivity index (χ0) is 23.5. The van der Waals surface area contributed by atoms with Gasteiger partial charge in [-0.15, -0.1) is 0 Å². The lowest BCUT2D eigenvalue weighted by Crippen LogP contribution is -2.41. The summed E-state index contributed by atoms with van der Waals surface area (Å²) in [7, 11) is 0. The molecule has 0 bridgehead atoms. The lowest BCUT2D eigenvalue weighted by atomic mass is 10.1. The van der Waals surface area contributed by atoms with Gasteiger partial charge in [0.1, 0.15) is 28.6 Å². The Kier molecular flexibility index (Phi) is 6.24. The van der Waals surface area contributed by atoms with E-state index in [2.05, 4.69) is 4.98 Å². The normalized spacial score (nSPS) is 14.2. The quantitative estimate of drug-likeness (QED) is 0.453. The van der Waals surface area contributed by atoms with Crippen molar-refractivity contribution < 1.29 is 14.3 Å². The molecule has 33 heavy (non-hydrogen) atoms. The number of fused-ring (bicyclic) bond motifs is 1. The lowest BCUT2D eigenvalue weighted by molar-refractivity contribution is -0.130. The highest BCUT2D eigenvalue weighted by atomic mass is 16.5. The topological polar surface area (TPSA) is 96.9 Å². The molecule has 1 fully saturated rings. The Labute approximate surface area is 191 Å². The van der Waals surface area contributed by atoms with Crippen LogP contribution < -0.4 is 10.3 Å². The third-order valence-corrected chi connectivity index (χ3v) is 5.75. The van der Waals surface area contributed by atoms with Crippen LogP contribution in [0.3, 0.4) is 0 Å². The minimum absolute atomic E-state index is 0.0390. The van der Waals surface area contributed by atoms with E-state index in [-0.39, 0.29) is 17.0 Å². The monoisotopic (exact) mass is 444 g/mol. The molecule has 168 valence electrons. The molecule has 0 N–H and O–H groups in total. The van der Waals surface area contributed by atoms with Gasteiger partial charge in [-0.3, -0.25) is 14.0 Å². The van der Waals surface area contributed by atoms with Crippen LogP contribution in [0.25, 0.3) is 11.7 Å². The van der Waals surface area contributed by atoms with E-state index in [4.69, 9.17) is 9.47 Å². The van der Waals surface area contributed by atoms with Crippen molar-refractivity contribution in [3.05, 3.63) is 74.7 Å². The summed E-state index contributed by atoms with van der Waals surface area (Å²) in [5.41, 5.74) is 2.62. The molecule has 0 aliphatic carbocycles. The third kappa shape index (κ3) is 4.36. The van der Waals surface area contributed by atoms with Crippen LogP contribution in [0.2, 0.25) is 0 Å². The van der Waals surface area contributed by atoms with Crippen molar-refractivity contribution >= 4 is 17.6 Å². The van der Waals surface area contributed by atoms with Crippen LogP contribution in [-0.2, 0) is 9.53 Å². The molecule has 1 aromatic carbocycles. The van der Waals surface area contributed by atoms with Gasteiger partial charge in [-0.2, -0.15) is 10.2 Å². The number of nitrogens with zero attached hydrogens (tertiary/aromatic N) is 4. The predicted octanol–water partition coefficient (Wildman–Crippen LogP) is 3.18. The van der Waals surface area contributed by atoms with E-state index in [1.165, 1.54) is 10.5 Å². The molecule has 2 aromatic heterocycles. The summed E-state index contributed by atoms with van der Waals surface area (Å²) < 4.78 is 12.8. The highest BCUT2D eigenvalue weighted by Gasteiger charge is 2.23. The minimum atomic E-state index is -0.452. The molecule has 0 unspecified atom stereocenters. The Balaban J connectivity index is 1.89. The molecule has 0 radical (unpaired) electrons. The first-order valence-corrected chi connectivity index (χ1v) is 10.7. The molecule has 1 aliphatic heterocycles. The molecule has 1 amide bonds. The second-order valence-electron chi connectivity index (χ2n) is 7.90. The van der Waals surface area contributed by atoms with Crippen LogP contribution in [0.15, 0.2) is 46.9 Å². The number of hydrogen-bond acceptors (Lipinski definition) is 6. The molecule has 8 nitrogen and oxygen atoms in total. The largest absolute Gasteiger partial charge is 0.438 e. The number of carbonyl (C=O) groups is 1. The fourth-order valence-corrected chi connectivity index (χ4v) is 3.66. The number of aryl methyl sites for hydroxylation is 2. The van der Waals surface area contributed by atoms with Crippen molar-refractivity contribution in [1.29, 1.82) is 5.26 Å². The third-order valence-electron chi connectivity index (χ3n) is 5.75. The zero-order valence-corrected chi connectivity index (χ0v) is 18.8. The summed E-state index contributed by atoms with van der Waals surface area (Å²) in [6.07, 6.45) is 2.88. The van der Waals surface area contributed by atoms with Crippen molar-refractivity contribution in [2.45, 2.75) is 20.8 Å². The maximum atomic E-state index is 13.4. The van der Waals surface area contributed by atoms with Crippen molar-refractivity contribution in [3.63, 3.8) is 0 Å². The van der Waals surface area contributed by atoms with Gasteiger partial charge in [0.15, 0.2) is 0 Å². The summed E-state index contributed by atoms with van der Waals surface area (Å²) in [5, 5.41) is 9.73. The molecular formula is C25H24N4O4. The molecule has 0 atom stereocenters. The number of morpholine rings is 1. The highest BCUT2D eigenvalue weighted by Crippen LogP contribution is 2.29. The molecular weight excluding hydrogens is 420 g/mol. The molecule has 0 saturated carbocycles. The molecule has 4 rings (SSSR count). The second kappa shape index (κ2) is 9.27. The van der Waals surface area contributed by atoms with E-state index < -0.39 is 11.5 Å².